The summed E-state index contributed by atoms with van der Waals surface area (Å²) < 4.78 is 7.47. The van der Waals surface area contributed by atoms with Gasteiger partial charge in [0.05, 0.1) is 11.1 Å². The fourth-order valence-corrected chi connectivity index (χ4v) is 12.2. The summed E-state index contributed by atoms with van der Waals surface area (Å²) in [7, 11) is 0. The van der Waals surface area contributed by atoms with Crippen molar-refractivity contribution in [3.63, 3.8) is 0 Å². The lowest BCUT2D eigenvalue weighted by Gasteiger charge is -2.33. The van der Waals surface area contributed by atoms with Gasteiger partial charge in [0.25, 0.3) is 0 Å². The summed E-state index contributed by atoms with van der Waals surface area (Å²) >= 11 is 0. The van der Waals surface area contributed by atoms with Crippen LogP contribution in [0.2, 0.25) is 0 Å². The molecule has 1 aliphatic heterocycles. The molecule has 14 rings (SSSR count). The molecule has 0 atom stereocenters. The van der Waals surface area contributed by atoms with E-state index in [-0.39, 0.29) is 5.41 Å². The molecule has 0 amide bonds. The summed E-state index contributed by atoms with van der Waals surface area (Å²) in [5.41, 5.74) is 24.9. The first-order chi connectivity index (χ1) is 32.5. The molecule has 0 saturated heterocycles. The van der Waals surface area contributed by atoms with Crippen LogP contribution >= 0.6 is 0 Å². The Kier molecular flexibility index (Phi) is 7.70. The van der Waals surface area contributed by atoms with Gasteiger partial charge in [0.15, 0.2) is 5.75 Å². The molecule has 10 aromatic carbocycles. The van der Waals surface area contributed by atoms with Crippen LogP contribution in [0.15, 0.2) is 224 Å². The van der Waals surface area contributed by atoms with Crippen LogP contribution in [0, 0.1) is 0 Å². The minimum absolute atomic E-state index is 0.190. The number of benzene rings is 10. The van der Waals surface area contributed by atoms with Crippen molar-refractivity contribution >= 4 is 17.1 Å². The van der Waals surface area contributed by atoms with Crippen LogP contribution in [0.4, 0.5) is 17.1 Å². The van der Waals surface area contributed by atoms with E-state index in [2.05, 4.69) is 243 Å². The quantitative estimate of drug-likeness (QED) is 0.175. The third kappa shape index (κ3) is 4.96. The topological polar surface area (TPSA) is 12.5 Å². The van der Waals surface area contributed by atoms with Crippen LogP contribution in [-0.2, 0) is 10.8 Å². The number of nitrogens with zero attached hydrogens (tertiary/aromatic N) is 1. The van der Waals surface area contributed by atoms with Gasteiger partial charge in [-0.2, -0.15) is 0 Å². The highest BCUT2D eigenvalue weighted by molar-refractivity contribution is 5.99. The lowest BCUT2D eigenvalue weighted by Crippen LogP contribution is -2.26. The maximum Gasteiger partial charge on any atom is 0.159 e. The predicted molar refractivity (Wildman–Crippen MR) is 271 cm³/mol. The zero-order valence-electron chi connectivity index (χ0n) is 36.7. The van der Waals surface area contributed by atoms with Crippen LogP contribution in [0.25, 0.3) is 66.8 Å². The van der Waals surface area contributed by atoms with Gasteiger partial charge in [0.2, 0.25) is 0 Å². The second kappa shape index (κ2) is 13.7. The van der Waals surface area contributed by atoms with E-state index in [1.54, 1.807) is 0 Å². The van der Waals surface area contributed by atoms with Gasteiger partial charge >= 0.3 is 0 Å². The van der Waals surface area contributed by atoms with Crippen molar-refractivity contribution < 1.29 is 4.74 Å². The Morgan fingerprint density at radius 1 is 0.318 bits per heavy atom. The van der Waals surface area contributed by atoms with Gasteiger partial charge in [-0.05, 0) is 131 Å². The van der Waals surface area contributed by atoms with Gasteiger partial charge in [0.1, 0.15) is 5.75 Å². The van der Waals surface area contributed by atoms with E-state index >= 15 is 0 Å². The van der Waals surface area contributed by atoms with Gasteiger partial charge in [-0.3, -0.25) is 0 Å². The molecule has 0 N–H and O–H groups in total. The molecule has 66 heavy (non-hydrogen) atoms. The monoisotopic (exact) mass is 841 g/mol. The molecule has 0 radical (unpaired) electrons. The van der Waals surface area contributed by atoms with Crippen molar-refractivity contribution in [1.29, 1.82) is 0 Å². The summed E-state index contributed by atoms with van der Waals surface area (Å²) in [6.07, 6.45) is 0. The number of rotatable bonds is 4. The predicted octanol–water partition coefficient (Wildman–Crippen LogP) is 16.9. The van der Waals surface area contributed by atoms with E-state index < -0.39 is 5.41 Å². The van der Waals surface area contributed by atoms with Crippen molar-refractivity contribution in [1.82, 2.24) is 0 Å². The Balaban J connectivity index is 1.04. The average Bonchev–Trinajstić information content (AvgIpc) is 3.88. The normalized spacial score (nSPS) is 14.3. The van der Waals surface area contributed by atoms with Crippen molar-refractivity contribution in [2.24, 2.45) is 0 Å². The van der Waals surface area contributed by atoms with Gasteiger partial charge < -0.3 is 9.64 Å². The van der Waals surface area contributed by atoms with E-state index in [4.69, 9.17) is 4.74 Å². The number of para-hydroxylation sites is 1. The first kappa shape index (κ1) is 37.2. The molecule has 0 saturated carbocycles. The molecule has 0 bridgehead atoms. The molecule has 0 fully saturated rings. The Morgan fingerprint density at radius 2 is 0.773 bits per heavy atom. The number of anilines is 3. The zero-order valence-corrected chi connectivity index (χ0v) is 36.7. The molecule has 2 nitrogen and oxygen atoms in total. The van der Waals surface area contributed by atoms with Crippen LogP contribution in [-0.4, -0.2) is 0 Å². The Morgan fingerprint density at radius 3 is 1.39 bits per heavy atom. The highest BCUT2D eigenvalue weighted by Crippen LogP contribution is 2.64. The lowest BCUT2D eigenvalue weighted by atomic mass is 9.70. The molecule has 3 aliphatic carbocycles. The number of hydrogen-bond acceptors (Lipinski definition) is 2. The van der Waals surface area contributed by atoms with Crippen molar-refractivity contribution in [3.05, 3.63) is 258 Å². The molecule has 0 unspecified atom stereocenters. The van der Waals surface area contributed by atoms with E-state index in [1.165, 1.54) is 66.8 Å². The Labute approximate surface area is 385 Å². The lowest BCUT2D eigenvalue weighted by molar-refractivity contribution is 0.489. The van der Waals surface area contributed by atoms with Gasteiger partial charge in [-0.25, -0.2) is 0 Å². The molecular formula is C64H43NO. The van der Waals surface area contributed by atoms with E-state index in [9.17, 15) is 0 Å². The number of fused-ring (bicyclic) bond motifs is 18. The minimum atomic E-state index is -0.488. The maximum atomic E-state index is 7.47. The zero-order chi connectivity index (χ0) is 43.7. The minimum Gasteiger partial charge on any atom is -0.454 e. The first-order valence-electron chi connectivity index (χ1n) is 23.1. The van der Waals surface area contributed by atoms with Crippen LogP contribution in [0.1, 0.15) is 47.2 Å². The fourth-order valence-electron chi connectivity index (χ4n) is 12.2. The Bertz CT molecular complexity index is 3610. The van der Waals surface area contributed by atoms with Crippen molar-refractivity contribution in [2.45, 2.75) is 24.7 Å². The van der Waals surface area contributed by atoms with Gasteiger partial charge in [-0.15, -0.1) is 0 Å². The van der Waals surface area contributed by atoms with Gasteiger partial charge in [0, 0.05) is 27.9 Å². The fraction of sp³-hybridized carbons (Fsp3) is 0.0625. The SMILES string of the molecule is CC1(C)c2ccccc2-c2ccc(N(c3ccc4c(c3)C3(c5ccccc5-c5ccccc53)c3ccccc3-4)c3cccc4c3Oc3cc(-c5ccccc5)ccc3-c3ccccc3-4)cc21. The number of ether oxygens (including phenoxy) is 1. The molecule has 10 aromatic rings. The second-order valence-electron chi connectivity index (χ2n) is 18.7. The highest BCUT2D eigenvalue weighted by Gasteiger charge is 2.51. The molecule has 0 aromatic heterocycles. The maximum absolute atomic E-state index is 7.47. The van der Waals surface area contributed by atoms with E-state index in [0.717, 1.165) is 61.9 Å². The Hall–Kier alpha value is -8.20. The van der Waals surface area contributed by atoms with Crippen molar-refractivity contribution in [2.75, 3.05) is 4.90 Å². The van der Waals surface area contributed by atoms with Crippen LogP contribution in [0.5, 0.6) is 11.5 Å². The summed E-state index contributed by atoms with van der Waals surface area (Å²) in [6.45, 7) is 4.74. The second-order valence-corrected chi connectivity index (χ2v) is 18.7. The summed E-state index contributed by atoms with van der Waals surface area (Å²) in [5, 5.41) is 0. The molecule has 310 valence electrons. The summed E-state index contributed by atoms with van der Waals surface area (Å²) in [5.74, 6) is 1.66. The van der Waals surface area contributed by atoms with Crippen LogP contribution < -0.4 is 9.64 Å². The summed E-state index contributed by atoms with van der Waals surface area (Å²) in [6, 6.07) is 83.1. The van der Waals surface area contributed by atoms with Gasteiger partial charge in [-0.1, -0.05) is 196 Å². The standard InChI is InChI=1S/C64H43NO/c1-63(2)54-26-12-8-21-46(54)50-35-32-42(38-58(50)63)65(60-30-16-25-53-45-20-7-6-19-44(45)52-34-31-41(37-61(52)66-62(53)60)40-17-4-3-5-18-40)43-33-36-51-49-24-11-15-29-57(49)64(59(51)39-43)55-27-13-9-22-47(55)48-23-10-14-28-56(48)64/h3-39H,1-2H3. The first-order valence-corrected chi connectivity index (χ1v) is 23.1. The molecule has 4 aliphatic rings. The van der Waals surface area contributed by atoms with Crippen LogP contribution in [0.3, 0.4) is 0 Å². The van der Waals surface area contributed by atoms with E-state index in [0.29, 0.717) is 0 Å². The largest absolute Gasteiger partial charge is 0.454 e. The molecule has 1 spiro atoms. The molecule has 2 heteroatoms. The van der Waals surface area contributed by atoms with E-state index in [1.807, 2.05) is 0 Å². The molecular weight excluding hydrogens is 799 g/mol. The third-order valence-corrected chi connectivity index (χ3v) is 15.1. The smallest absolute Gasteiger partial charge is 0.159 e. The summed E-state index contributed by atoms with van der Waals surface area (Å²) in [4.78, 5) is 2.47. The average molecular weight is 842 g/mol. The van der Waals surface area contributed by atoms with Crippen molar-refractivity contribution in [3.8, 4) is 78.3 Å². The molecule has 1 heterocycles. The third-order valence-electron chi connectivity index (χ3n) is 15.1. The number of hydrogen-bond donors (Lipinski definition) is 0. The highest BCUT2D eigenvalue weighted by atomic mass is 16.5.